The highest BCUT2D eigenvalue weighted by molar-refractivity contribution is 5.92. The summed E-state index contributed by atoms with van der Waals surface area (Å²) in [6.07, 6.45) is 8.41. The van der Waals surface area contributed by atoms with Gasteiger partial charge in [-0.3, -0.25) is 14.4 Å². The lowest BCUT2D eigenvalue weighted by molar-refractivity contribution is -0.132. The number of Topliss-reactive ketones (excluding diaryl/α,β-unsaturated/α-hetero) is 2. The molecule has 0 heterocycles. The second-order valence-corrected chi connectivity index (χ2v) is 11.8. The second-order valence-electron chi connectivity index (χ2n) is 11.8. The highest BCUT2D eigenvalue weighted by Gasteiger charge is 2.32. The molecule has 2 aliphatic carbocycles. The lowest BCUT2D eigenvalue weighted by atomic mass is 9.83. The van der Waals surface area contributed by atoms with Crippen LogP contribution in [0.1, 0.15) is 77.2 Å². The molecule has 0 aromatic heterocycles. The summed E-state index contributed by atoms with van der Waals surface area (Å²) in [4.78, 5) is 63.8. The molecule has 228 valence electrons. The standard InChI is InChI=1S/C33H43FN2O6/c1-22(2)16-26(32(40)35-28(20-37)18-25-10-6-7-11-30(25)38)19-31(39)29(17-23-12-14-27(34)15-13-23)36-33(41)42-21-24-8-4-3-5-9-24/h3-5,8-9,12,14-15,20,22-23,25-26,28-29H,6-7,10-11,13,16-19,21H2,1-2H3,(H,35,40)(H,36,41)/t23?,25-,26+,28-,29-/m0/s1. The van der Waals surface area contributed by atoms with Crippen LogP contribution in [-0.2, 0) is 30.5 Å². The number of carbonyl (C=O) groups excluding carboxylic acids is 5. The number of allylic oxidation sites excluding steroid dienone is 4. The zero-order chi connectivity index (χ0) is 30.5. The first-order valence-electron chi connectivity index (χ1n) is 15.0. The Kier molecular flexibility index (Phi) is 13.1. The average Bonchev–Trinajstić information content (AvgIpc) is 2.97. The van der Waals surface area contributed by atoms with E-state index in [-0.39, 0.29) is 61.0 Å². The van der Waals surface area contributed by atoms with Crippen LogP contribution in [0.15, 0.2) is 54.4 Å². The summed E-state index contributed by atoms with van der Waals surface area (Å²) in [5.74, 6) is -2.08. The van der Waals surface area contributed by atoms with Gasteiger partial charge in [0.2, 0.25) is 5.91 Å². The largest absolute Gasteiger partial charge is 0.445 e. The molecule has 2 amide bonds. The molecule has 8 nitrogen and oxygen atoms in total. The molecule has 42 heavy (non-hydrogen) atoms. The van der Waals surface area contributed by atoms with Gasteiger partial charge in [0.25, 0.3) is 0 Å². The molecule has 1 fully saturated rings. The molecular formula is C33H43FN2O6. The van der Waals surface area contributed by atoms with Crippen LogP contribution in [0.25, 0.3) is 0 Å². The van der Waals surface area contributed by atoms with Crippen LogP contribution >= 0.6 is 0 Å². The molecule has 0 spiro atoms. The monoisotopic (exact) mass is 582 g/mol. The van der Waals surface area contributed by atoms with Gasteiger partial charge in [-0.15, -0.1) is 0 Å². The van der Waals surface area contributed by atoms with Crippen LogP contribution in [0, 0.1) is 23.7 Å². The van der Waals surface area contributed by atoms with Crippen molar-refractivity contribution in [2.75, 3.05) is 0 Å². The second kappa shape index (κ2) is 16.7. The first-order valence-corrected chi connectivity index (χ1v) is 15.0. The smallest absolute Gasteiger partial charge is 0.408 e. The number of aldehydes is 1. The molecule has 0 bridgehead atoms. The van der Waals surface area contributed by atoms with Gasteiger partial charge in [-0.05, 0) is 68.1 Å². The molecule has 0 saturated heterocycles. The third-order valence-electron chi connectivity index (χ3n) is 7.86. The molecule has 0 aliphatic heterocycles. The van der Waals surface area contributed by atoms with Crippen molar-refractivity contribution in [2.24, 2.45) is 23.7 Å². The maximum atomic E-state index is 13.6. The maximum Gasteiger partial charge on any atom is 0.408 e. The van der Waals surface area contributed by atoms with E-state index in [0.29, 0.717) is 32.0 Å². The summed E-state index contributed by atoms with van der Waals surface area (Å²) in [5, 5.41) is 5.44. The number of hydrogen-bond donors (Lipinski definition) is 2. The van der Waals surface area contributed by atoms with E-state index in [1.807, 2.05) is 44.2 Å². The molecule has 0 radical (unpaired) electrons. The Balaban J connectivity index is 1.67. The topological polar surface area (TPSA) is 119 Å². The van der Waals surface area contributed by atoms with E-state index < -0.39 is 30.0 Å². The summed E-state index contributed by atoms with van der Waals surface area (Å²) in [5.41, 5.74) is 0.791. The number of rotatable bonds is 15. The van der Waals surface area contributed by atoms with Crippen molar-refractivity contribution in [2.45, 2.75) is 90.3 Å². The Hall–Kier alpha value is -3.62. The average molecular weight is 583 g/mol. The van der Waals surface area contributed by atoms with Crippen LogP contribution in [0.2, 0.25) is 0 Å². The van der Waals surface area contributed by atoms with E-state index in [9.17, 15) is 28.4 Å². The minimum Gasteiger partial charge on any atom is -0.445 e. The maximum absolute atomic E-state index is 13.6. The molecule has 1 unspecified atom stereocenters. The highest BCUT2D eigenvalue weighted by Crippen LogP contribution is 2.26. The summed E-state index contributed by atoms with van der Waals surface area (Å²) in [6.45, 7) is 3.90. The fourth-order valence-electron chi connectivity index (χ4n) is 5.59. The fraction of sp³-hybridized carbons (Fsp3) is 0.545. The van der Waals surface area contributed by atoms with Gasteiger partial charge in [-0.25, -0.2) is 9.18 Å². The number of ketones is 2. The van der Waals surface area contributed by atoms with Gasteiger partial charge in [0, 0.05) is 24.7 Å². The van der Waals surface area contributed by atoms with Crippen molar-refractivity contribution in [3.05, 3.63) is 60.0 Å². The van der Waals surface area contributed by atoms with E-state index in [0.717, 1.165) is 18.4 Å². The fourth-order valence-corrected chi connectivity index (χ4v) is 5.59. The number of nitrogens with one attached hydrogen (secondary N) is 2. The molecule has 1 aromatic carbocycles. The Morgan fingerprint density at radius 1 is 1.10 bits per heavy atom. The number of halogens is 1. The van der Waals surface area contributed by atoms with Gasteiger partial charge in [-0.2, -0.15) is 0 Å². The lowest BCUT2D eigenvalue weighted by Gasteiger charge is -2.27. The normalized spacial score (nSPS) is 20.7. The minimum absolute atomic E-state index is 0.0276. The van der Waals surface area contributed by atoms with Crippen LogP contribution < -0.4 is 10.6 Å². The predicted octanol–water partition coefficient (Wildman–Crippen LogP) is 5.56. The van der Waals surface area contributed by atoms with Crippen molar-refractivity contribution in [1.29, 1.82) is 0 Å². The van der Waals surface area contributed by atoms with Gasteiger partial charge >= 0.3 is 6.09 Å². The third-order valence-corrected chi connectivity index (χ3v) is 7.86. The Morgan fingerprint density at radius 3 is 2.50 bits per heavy atom. The van der Waals surface area contributed by atoms with Crippen molar-refractivity contribution < 1.29 is 33.1 Å². The number of hydrogen-bond acceptors (Lipinski definition) is 6. The molecular weight excluding hydrogens is 539 g/mol. The van der Waals surface area contributed by atoms with E-state index in [2.05, 4.69) is 10.6 Å². The summed E-state index contributed by atoms with van der Waals surface area (Å²) in [7, 11) is 0. The van der Waals surface area contributed by atoms with E-state index >= 15 is 0 Å². The number of alkyl carbamates (subject to hydrolysis) is 1. The molecule has 1 saturated carbocycles. The zero-order valence-corrected chi connectivity index (χ0v) is 24.6. The Labute approximate surface area is 247 Å². The van der Waals surface area contributed by atoms with Crippen LogP contribution in [0.3, 0.4) is 0 Å². The number of carbonyl (C=O) groups is 5. The molecule has 9 heteroatoms. The molecule has 3 rings (SSSR count). The van der Waals surface area contributed by atoms with E-state index in [4.69, 9.17) is 4.74 Å². The summed E-state index contributed by atoms with van der Waals surface area (Å²) in [6, 6.07) is 7.36. The van der Waals surface area contributed by atoms with Crippen molar-refractivity contribution in [3.8, 4) is 0 Å². The number of ether oxygens (including phenoxy) is 1. The van der Waals surface area contributed by atoms with E-state index in [1.165, 1.54) is 12.2 Å². The van der Waals surface area contributed by atoms with Gasteiger partial charge < -0.3 is 20.2 Å². The van der Waals surface area contributed by atoms with Crippen molar-refractivity contribution >= 4 is 29.9 Å². The SMILES string of the molecule is CC(C)C[C@H](CC(=O)[C@H](CC1C=CC(F)=CC1)NC(=O)OCc1ccccc1)C(=O)N[C@H](C=O)C[C@@H]1CCCCC1=O. The quantitative estimate of drug-likeness (QED) is 0.262. The van der Waals surface area contributed by atoms with Crippen LogP contribution in [-0.4, -0.2) is 41.9 Å². The molecule has 2 aliphatic rings. The summed E-state index contributed by atoms with van der Waals surface area (Å²) >= 11 is 0. The number of benzene rings is 1. The van der Waals surface area contributed by atoms with Crippen LogP contribution in [0.5, 0.6) is 0 Å². The molecule has 5 atom stereocenters. The van der Waals surface area contributed by atoms with Crippen molar-refractivity contribution in [3.63, 3.8) is 0 Å². The predicted molar refractivity (Wildman–Crippen MR) is 157 cm³/mol. The van der Waals surface area contributed by atoms with E-state index in [1.54, 1.807) is 6.08 Å². The Morgan fingerprint density at radius 2 is 1.86 bits per heavy atom. The minimum atomic E-state index is -0.957. The Bertz CT molecular complexity index is 1150. The number of amides is 2. The lowest BCUT2D eigenvalue weighted by Crippen LogP contribution is -2.46. The van der Waals surface area contributed by atoms with Gasteiger partial charge in [0.05, 0.1) is 12.1 Å². The zero-order valence-electron chi connectivity index (χ0n) is 24.6. The first kappa shape index (κ1) is 32.9. The summed E-state index contributed by atoms with van der Waals surface area (Å²) < 4.78 is 18.9. The highest BCUT2D eigenvalue weighted by atomic mass is 19.1. The van der Waals surface area contributed by atoms with Gasteiger partial charge in [-0.1, -0.05) is 56.7 Å². The molecule has 2 N–H and O–H groups in total. The molecule has 1 aromatic rings. The van der Waals surface area contributed by atoms with Crippen LogP contribution in [0.4, 0.5) is 9.18 Å². The third kappa shape index (κ3) is 11.0. The first-order chi connectivity index (χ1) is 20.1. The van der Waals surface area contributed by atoms with Gasteiger partial charge in [0.1, 0.15) is 24.5 Å². The van der Waals surface area contributed by atoms with Gasteiger partial charge in [0.15, 0.2) is 5.78 Å². The van der Waals surface area contributed by atoms with Crippen molar-refractivity contribution in [1.82, 2.24) is 10.6 Å².